The topological polar surface area (TPSA) is 61.4 Å². The lowest BCUT2D eigenvalue weighted by Crippen LogP contribution is -2.34. The van der Waals surface area contributed by atoms with E-state index < -0.39 is 0 Å². The van der Waals surface area contributed by atoms with Crippen molar-refractivity contribution in [1.29, 1.82) is 0 Å². The summed E-state index contributed by atoms with van der Waals surface area (Å²) in [5, 5.41) is 15.6. The molecular formula is C13H18BrClN2O2. The van der Waals surface area contributed by atoms with Crippen LogP contribution in [0.15, 0.2) is 22.7 Å². The molecule has 0 aromatic heterocycles. The number of halogens is 2. The molecule has 19 heavy (non-hydrogen) atoms. The van der Waals surface area contributed by atoms with Crippen LogP contribution >= 0.6 is 28.3 Å². The molecule has 3 N–H and O–H groups in total. The molecule has 1 fully saturated rings. The van der Waals surface area contributed by atoms with Gasteiger partial charge in [-0.1, -0.05) is 22.0 Å². The smallest absolute Gasteiger partial charge is 0.251 e. The molecule has 0 aliphatic carbocycles. The average Bonchev–Trinajstić information content (AvgIpc) is 2.75. The number of β-amino-alcohol motifs (C(OH)–C–C–N with tert-alkyl or cyclic N) is 1. The van der Waals surface area contributed by atoms with Crippen LogP contribution in [0.4, 0.5) is 0 Å². The predicted octanol–water partition coefficient (Wildman–Crippen LogP) is 1.49. The Morgan fingerprint density at radius 1 is 1.53 bits per heavy atom. The van der Waals surface area contributed by atoms with Gasteiger partial charge in [-0.05, 0) is 24.6 Å². The molecule has 1 amide bonds. The summed E-state index contributed by atoms with van der Waals surface area (Å²) in [6.07, 6.45) is -0.367. The molecule has 2 rings (SSSR count). The Morgan fingerprint density at radius 3 is 2.89 bits per heavy atom. The first-order valence-corrected chi connectivity index (χ1v) is 6.80. The zero-order chi connectivity index (χ0) is 13.1. The molecule has 1 saturated heterocycles. The van der Waals surface area contributed by atoms with Crippen molar-refractivity contribution >= 4 is 34.2 Å². The molecule has 2 unspecified atom stereocenters. The normalized spacial score (nSPS) is 21.8. The van der Waals surface area contributed by atoms with Gasteiger partial charge in [0, 0.05) is 35.6 Å². The first-order chi connectivity index (χ1) is 8.58. The fourth-order valence-electron chi connectivity index (χ4n) is 2.09. The Balaban J connectivity index is 0.00000180. The maximum Gasteiger partial charge on any atom is 0.251 e. The predicted molar refractivity (Wildman–Crippen MR) is 80.8 cm³/mol. The van der Waals surface area contributed by atoms with Crippen LogP contribution in [0.25, 0.3) is 0 Å². The lowest BCUT2D eigenvalue weighted by atomic mass is 10.1. The van der Waals surface area contributed by atoms with E-state index >= 15 is 0 Å². The van der Waals surface area contributed by atoms with Crippen LogP contribution in [0.5, 0.6) is 0 Å². The van der Waals surface area contributed by atoms with Gasteiger partial charge in [0.1, 0.15) is 0 Å². The number of benzene rings is 1. The second-order valence-corrected chi connectivity index (χ2v) is 5.57. The lowest BCUT2D eigenvalue weighted by Gasteiger charge is -2.14. The van der Waals surface area contributed by atoms with Crippen LogP contribution in [0, 0.1) is 12.8 Å². The van der Waals surface area contributed by atoms with Gasteiger partial charge in [0.25, 0.3) is 5.91 Å². The average molecular weight is 350 g/mol. The quantitative estimate of drug-likeness (QED) is 0.775. The number of hydrogen-bond donors (Lipinski definition) is 3. The highest BCUT2D eigenvalue weighted by molar-refractivity contribution is 9.10. The largest absolute Gasteiger partial charge is 0.391 e. The van der Waals surface area contributed by atoms with Gasteiger partial charge in [-0.15, -0.1) is 12.4 Å². The highest BCUT2D eigenvalue weighted by Crippen LogP contribution is 2.16. The maximum absolute atomic E-state index is 12.0. The highest BCUT2D eigenvalue weighted by Gasteiger charge is 2.25. The Morgan fingerprint density at radius 2 is 2.26 bits per heavy atom. The number of nitrogens with one attached hydrogen (secondary N) is 2. The molecule has 1 aliphatic rings. The molecule has 1 heterocycles. The zero-order valence-corrected chi connectivity index (χ0v) is 13.1. The van der Waals surface area contributed by atoms with Gasteiger partial charge in [-0.3, -0.25) is 4.79 Å². The van der Waals surface area contributed by atoms with Crippen LogP contribution in [0.1, 0.15) is 15.9 Å². The summed E-state index contributed by atoms with van der Waals surface area (Å²) in [6, 6.07) is 5.63. The summed E-state index contributed by atoms with van der Waals surface area (Å²) >= 11 is 3.36. The van der Waals surface area contributed by atoms with Crippen molar-refractivity contribution in [3.63, 3.8) is 0 Å². The van der Waals surface area contributed by atoms with E-state index in [1.165, 1.54) is 0 Å². The minimum atomic E-state index is -0.367. The van der Waals surface area contributed by atoms with Crippen molar-refractivity contribution in [3.8, 4) is 0 Å². The first-order valence-electron chi connectivity index (χ1n) is 6.01. The fraction of sp³-hybridized carbons (Fsp3) is 0.462. The van der Waals surface area contributed by atoms with Gasteiger partial charge in [0.2, 0.25) is 0 Å². The summed E-state index contributed by atoms with van der Waals surface area (Å²) in [5.41, 5.74) is 1.62. The minimum Gasteiger partial charge on any atom is -0.391 e. The van der Waals surface area contributed by atoms with E-state index in [1.54, 1.807) is 0 Å². The summed E-state index contributed by atoms with van der Waals surface area (Å²) in [6.45, 7) is 3.77. The van der Waals surface area contributed by atoms with Crippen molar-refractivity contribution in [2.75, 3.05) is 19.6 Å². The maximum atomic E-state index is 12.0. The Bertz CT molecular complexity index is 456. The molecule has 2 atom stereocenters. The minimum absolute atomic E-state index is 0. The molecule has 1 aromatic carbocycles. The van der Waals surface area contributed by atoms with Crippen LogP contribution in [0.3, 0.4) is 0 Å². The van der Waals surface area contributed by atoms with Gasteiger partial charge in [0.05, 0.1) is 6.10 Å². The summed E-state index contributed by atoms with van der Waals surface area (Å²) in [5.74, 6) is 0.00862. The molecule has 0 saturated carbocycles. The highest BCUT2D eigenvalue weighted by atomic mass is 79.9. The molecule has 4 nitrogen and oxygen atoms in total. The van der Waals surface area contributed by atoms with Crippen molar-refractivity contribution in [3.05, 3.63) is 33.8 Å². The molecule has 1 aliphatic heterocycles. The second kappa shape index (κ2) is 7.24. The summed E-state index contributed by atoms with van der Waals surface area (Å²) in [7, 11) is 0. The SMILES string of the molecule is Cc1ccc(Br)cc1C(=O)NCC1CNCC1O.Cl. The van der Waals surface area contributed by atoms with E-state index in [9.17, 15) is 9.90 Å². The van der Waals surface area contributed by atoms with Gasteiger partial charge in [-0.25, -0.2) is 0 Å². The fourth-order valence-corrected chi connectivity index (χ4v) is 2.45. The second-order valence-electron chi connectivity index (χ2n) is 4.65. The van der Waals surface area contributed by atoms with Crippen molar-refractivity contribution in [2.45, 2.75) is 13.0 Å². The van der Waals surface area contributed by atoms with E-state index in [2.05, 4.69) is 26.6 Å². The van der Waals surface area contributed by atoms with Crippen LogP contribution in [0.2, 0.25) is 0 Å². The molecule has 0 radical (unpaired) electrons. The monoisotopic (exact) mass is 348 g/mol. The van der Waals surface area contributed by atoms with Crippen molar-refractivity contribution in [1.82, 2.24) is 10.6 Å². The molecule has 6 heteroatoms. The standard InChI is InChI=1S/C13H17BrN2O2.ClH/c1-8-2-3-10(14)4-11(8)13(18)16-6-9-5-15-7-12(9)17;/h2-4,9,12,15,17H,5-7H2,1H3,(H,16,18);1H. The van der Waals surface area contributed by atoms with Gasteiger partial charge in [-0.2, -0.15) is 0 Å². The Hall–Kier alpha value is -0.620. The van der Waals surface area contributed by atoms with Crippen LogP contribution < -0.4 is 10.6 Å². The third kappa shape index (κ3) is 4.18. The summed E-state index contributed by atoms with van der Waals surface area (Å²) < 4.78 is 0.890. The van der Waals surface area contributed by atoms with Crippen molar-refractivity contribution in [2.24, 2.45) is 5.92 Å². The number of aryl methyl sites for hydroxylation is 1. The summed E-state index contributed by atoms with van der Waals surface area (Å²) in [4.78, 5) is 12.0. The van der Waals surface area contributed by atoms with Gasteiger partial charge >= 0.3 is 0 Å². The first kappa shape index (κ1) is 16.4. The van der Waals surface area contributed by atoms with Crippen molar-refractivity contribution < 1.29 is 9.90 Å². The van der Waals surface area contributed by atoms with Crippen LogP contribution in [-0.4, -0.2) is 36.8 Å². The Kier molecular flexibility index (Phi) is 6.26. The third-order valence-electron chi connectivity index (χ3n) is 3.27. The molecule has 0 spiro atoms. The zero-order valence-electron chi connectivity index (χ0n) is 10.6. The third-order valence-corrected chi connectivity index (χ3v) is 3.77. The number of hydrogen-bond acceptors (Lipinski definition) is 3. The Labute approximate surface area is 127 Å². The molecule has 106 valence electrons. The molecule has 1 aromatic rings. The van der Waals surface area contributed by atoms with E-state index in [4.69, 9.17) is 0 Å². The lowest BCUT2D eigenvalue weighted by molar-refractivity contribution is 0.0926. The van der Waals surface area contributed by atoms with Crippen LogP contribution in [-0.2, 0) is 0 Å². The number of aliphatic hydroxyl groups excluding tert-OH is 1. The number of amides is 1. The number of rotatable bonds is 3. The van der Waals surface area contributed by atoms with Gasteiger partial charge < -0.3 is 15.7 Å². The number of carbonyl (C=O) groups is 1. The number of carbonyl (C=O) groups excluding carboxylic acids is 1. The number of aliphatic hydroxyl groups is 1. The van der Waals surface area contributed by atoms with E-state index in [-0.39, 0.29) is 30.3 Å². The molecular weight excluding hydrogens is 332 g/mol. The molecule has 0 bridgehead atoms. The van der Waals surface area contributed by atoms with Gasteiger partial charge in [0.15, 0.2) is 0 Å². The van der Waals surface area contributed by atoms with E-state index in [0.717, 1.165) is 16.6 Å². The van der Waals surface area contributed by atoms with E-state index in [1.807, 2.05) is 25.1 Å². The van der Waals surface area contributed by atoms with E-state index in [0.29, 0.717) is 18.7 Å².